The second-order valence-electron chi connectivity index (χ2n) is 13.3. The van der Waals surface area contributed by atoms with Crippen molar-refractivity contribution in [3.63, 3.8) is 0 Å². The van der Waals surface area contributed by atoms with E-state index in [0.717, 1.165) is 17.1 Å². The molecule has 0 amide bonds. The molecule has 51 heavy (non-hydrogen) atoms. The lowest BCUT2D eigenvalue weighted by Crippen LogP contribution is -2.28. The Morgan fingerprint density at radius 3 is 1.49 bits per heavy atom. The van der Waals surface area contributed by atoms with Crippen molar-refractivity contribution in [1.29, 1.82) is 0 Å². The van der Waals surface area contributed by atoms with E-state index in [9.17, 15) is 0 Å². The van der Waals surface area contributed by atoms with Crippen LogP contribution in [-0.4, -0.2) is 0 Å². The van der Waals surface area contributed by atoms with Gasteiger partial charge in [-0.15, -0.1) is 11.3 Å². The van der Waals surface area contributed by atoms with Gasteiger partial charge >= 0.3 is 0 Å². The molecule has 1 aliphatic carbocycles. The highest BCUT2D eigenvalue weighted by Gasteiger charge is 2.46. The molecule has 0 unspecified atom stereocenters. The van der Waals surface area contributed by atoms with E-state index in [1.165, 1.54) is 64.7 Å². The summed E-state index contributed by atoms with van der Waals surface area (Å²) in [6.45, 7) is 0. The van der Waals surface area contributed by atoms with Crippen LogP contribution in [0.4, 0.5) is 17.1 Å². The zero-order chi connectivity index (χ0) is 33.8. The topological polar surface area (TPSA) is 3.24 Å². The van der Waals surface area contributed by atoms with Crippen LogP contribution < -0.4 is 4.90 Å². The molecule has 1 heterocycles. The zero-order valence-electron chi connectivity index (χ0n) is 27.9. The van der Waals surface area contributed by atoms with Gasteiger partial charge in [0.05, 0.1) is 5.41 Å². The van der Waals surface area contributed by atoms with Crippen LogP contribution in [0, 0.1) is 0 Å². The van der Waals surface area contributed by atoms with Gasteiger partial charge in [-0.2, -0.15) is 0 Å². The summed E-state index contributed by atoms with van der Waals surface area (Å²) in [6.07, 6.45) is 0. The molecule has 0 N–H and O–H groups in total. The van der Waals surface area contributed by atoms with Gasteiger partial charge in [-0.3, -0.25) is 0 Å². The maximum atomic E-state index is 2.47. The molecule has 9 aromatic rings. The molecule has 1 aliphatic rings. The van der Waals surface area contributed by atoms with Crippen LogP contribution in [-0.2, 0) is 5.41 Å². The molecule has 0 saturated heterocycles. The molecule has 2 heteroatoms. The number of anilines is 3. The lowest BCUT2D eigenvalue weighted by molar-refractivity contribution is 0.768. The first-order valence-corrected chi connectivity index (χ1v) is 18.3. The molecule has 240 valence electrons. The second kappa shape index (κ2) is 12.0. The number of nitrogens with zero attached hydrogens (tertiary/aromatic N) is 1. The quantitative estimate of drug-likeness (QED) is 0.171. The Morgan fingerprint density at radius 1 is 0.353 bits per heavy atom. The van der Waals surface area contributed by atoms with Crippen LogP contribution >= 0.6 is 11.3 Å². The molecule has 10 rings (SSSR count). The number of para-hydroxylation sites is 2. The summed E-state index contributed by atoms with van der Waals surface area (Å²) in [5.74, 6) is 0. The van der Waals surface area contributed by atoms with Crippen molar-refractivity contribution < 1.29 is 0 Å². The fourth-order valence-corrected chi connectivity index (χ4v) is 9.45. The van der Waals surface area contributed by atoms with Gasteiger partial charge in [0, 0.05) is 37.2 Å². The monoisotopic (exact) mass is 667 g/mol. The molecule has 0 saturated carbocycles. The van der Waals surface area contributed by atoms with Crippen molar-refractivity contribution in [2.45, 2.75) is 5.41 Å². The van der Waals surface area contributed by atoms with Crippen molar-refractivity contribution in [1.82, 2.24) is 0 Å². The first-order valence-electron chi connectivity index (χ1n) is 17.5. The van der Waals surface area contributed by atoms with Gasteiger partial charge < -0.3 is 4.90 Å². The van der Waals surface area contributed by atoms with Gasteiger partial charge in [-0.1, -0.05) is 146 Å². The van der Waals surface area contributed by atoms with E-state index < -0.39 is 5.41 Å². The van der Waals surface area contributed by atoms with Crippen LogP contribution in [0.3, 0.4) is 0 Å². The van der Waals surface area contributed by atoms with Crippen LogP contribution in [0.1, 0.15) is 22.3 Å². The normalized spacial score (nSPS) is 12.9. The van der Waals surface area contributed by atoms with Gasteiger partial charge in [0.1, 0.15) is 0 Å². The molecular weight excluding hydrogens is 635 g/mol. The Hall–Kier alpha value is -6.22. The molecule has 0 aliphatic heterocycles. The Balaban J connectivity index is 1.23. The minimum absolute atomic E-state index is 0.528. The number of fused-ring (bicyclic) bond motifs is 6. The predicted molar refractivity (Wildman–Crippen MR) is 217 cm³/mol. The minimum Gasteiger partial charge on any atom is -0.310 e. The van der Waals surface area contributed by atoms with E-state index in [0.29, 0.717) is 0 Å². The molecule has 0 spiro atoms. The van der Waals surface area contributed by atoms with E-state index in [1.807, 2.05) is 11.3 Å². The summed E-state index contributed by atoms with van der Waals surface area (Å²) in [6, 6.07) is 73.5. The number of hydrogen-bond acceptors (Lipinski definition) is 2. The van der Waals surface area contributed by atoms with Crippen molar-refractivity contribution in [2.24, 2.45) is 0 Å². The highest BCUT2D eigenvalue weighted by molar-refractivity contribution is 7.25. The highest BCUT2D eigenvalue weighted by Crippen LogP contribution is 2.58. The third-order valence-electron chi connectivity index (χ3n) is 10.5. The summed E-state index contributed by atoms with van der Waals surface area (Å²) >= 11 is 1.88. The summed E-state index contributed by atoms with van der Waals surface area (Å²) in [4.78, 5) is 2.37. The SMILES string of the molecule is c1ccc(N(c2ccccc2)c2ccc3c(c2)C(c2ccccc2)(c2ccccc2)c2cc(-c4ccc5c(c4)sc4ccccc45)ccc2-3)cc1. The van der Waals surface area contributed by atoms with Gasteiger partial charge in [-0.25, -0.2) is 0 Å². The van der Waals surface area contributed by atoms with E-state index >= 15 is 0 Å². The van der Waals surface area contributed by atoms with Crippen molar-refractivity contribution >= 4 is 48.6 Å². The molecule has 8 aromatic carbocycles. The molecular formula is C49H33NS. The van der Waals surface area contributed by atoms with Crippen LogP contribution in [0.5, 0.6) is 0 Å². The predicted octanol–water partition coefficient (Wildman–Crippen LogP) is 13.6. The third kappa shape index (κ3) is 4.68. The number of hydrogen-bond donors (Lipinski definition) is 0. The highest BCUT2D eigenvalue weighted by atomic mass is 32.1. The van der Waals surface area contributed by atoms with Crippen LogP contribution in [0.25, 0.3) is 42.4 Å². The Morgan fingerprint density at radius 2 is 0.843 bits per heavy atom. The van der Waals surface area contributed by atoms with Gasteiger partial charge in [0.25, 0.3) is 0 Å². The van der Waals surface area contributed by atoms with E-state index in [-0.39, 0.29) is 0 Å². The zero-order valence-corrected chi connectivity index (χ0v) is 28.7. The minimum atomic E-state index is -0.528. The summed E-state index contributed by atoms with van der Waals surface area (Å²) in [5, 5.41) is 2.65. The van der Waals surface area contributed by atoms with Crippen LogP contribution in [0.15, 0.2) is 200 Å². The molecule has 0 radical (unpaired) electrons. The molecule has 1 aromatic heterocycles. The van der Waals surface area contributed by atoms with E-state index in [1.54, 1.807) is 0 Å². The first kappa shape index (κ1) is 29.7. The summed E-state index contributed by atoms with van der Waals surface area (Å²) in [5.41, 5.74) is 13.0. The average molecular weight is 668 g/mol. The lowest BCUT2D eigenvalue weighted by Gasteiger charge is -2.35. The van der Waals surface area contributed by atoms with Crippen LogP contribution in [0.2, 0.25) is 0 Å². The van der Waals surface area contributed by atoms with E-state index in [4.69, 9.17) is 0 Å². The Bertz CT molecular complexity index is 2600. The van der Waals surface area contributed by atoms with Crippen molar-refractivity contribution in [3.8, 4) is 22.3 Å². The molecule has 0 bridgehead atoms. The Kier molecular flexibility index (Phi) is 6.97. The summed E-state index contributed by atoms with van der Waals surface area (Å²) in [7, 11) is 0. The second-order valence-corrected chi connectivity index (χ2v) is 14.4. The molecule has 0 fully saturated rings. The van der Waals surface area contributed by atoms with Crippen molar-refractivity contribution in [2.75, 3.05) is 4.90 Å². The number of thiophene rings is 1. The van der Waals surface area contributed by atoms with Gasteiger partial charge in [0.2, 0.25) is 0 Å². The maximum Gasteiger partial charge on any atom is 0.0714 e. The first-order chi connectivity index (χ1) is 25.3. The third-order valence-corrected chi connectivity index (χ3v) is 11.7. The van der Waals surface area contributed by atoms with Gasteiger partial charge in [0.15, 0.2) is 0 Å². The standard InChI is InChI=1S/C49H33NS/c1-5-15-36(16-6-1)49(37-17-7-2-8-18-37)45-31-34(35-26-29-44-43-23-13-14-24-47(43)51-48(44)32-35)25-28-41(45)42-30-27-40(33-46(42)49)50(38-19-9-3-10-20-38)39-21-11-4-12-22-39/h1-33H. The van der Waals surface area contributed by atoms with Crippen molar-refractivity contribution in [3.05, 3.63) is 222 Å². The maximum absolute atomic E-state index is 2.47. The smallest absolute Gasteiger partial charge is 0.0714 e. The largest absolute Gasteiger partial charge is 0.310 e. The molecule has 1 nitrogen and oxygen atoms in total. The van der Waals surface area contributed by atoms with Gasteiger partial charge in [-0.05, 0) is 99.1 Å². The summed E-state index contributed by atoms with van der Waals surface area (Å²) < 4.78 is 2.65. The number of benzene rings is 8. The Labute approximate surface area is 302 Å². The fourth-order valence-electron chi connectivity index (χ4n) is 8.30. The average Bonchev–Trinajstić information content (AvgIpc) is 3.72. The molecule has 0 atom stereocenters. The number of rotatable bonds is 6. The van der Waals surface area contributed by atoms with E-state index in [2.05, 4.69) is 205 Å². The fraction of sp³-hybridized carbons (Fsp3) is 0.0204. The lowest BCUT2D eigenvalue weighted by atomic mass is 9.67.